The van der Waals surface area contributed by atoms with Crippen molar-refractivity contribution in [2.45, 2.75) is 70.5 Å². The average Bonchev–Trinajstić information content (AvgIpc) is 3.49. The van der Waals surface area contributed by atoms with Crippen LogP contribution in [0.5, 0.6) is 5.75 Å². The van der Waals surface area contributed by atoms with Gasteiger partial charge in [0.2, 0.25) is 5.95 Å². The van der Waals surface area contributed by atoms with E-state index in [2.05, 4.69) is 107 Å². The Bertz CT molecular complexity index is 1810. The Morgan fingerprint density at radius 3 is 2.27 bits per heavy atom. The minimum Gasteiger partial charge on any atom is -0.495 e. The monoisotopic (exact) mass is 701 g/mol. The highest BCUT2D eigenvalue weighted by atomic mass is 35.5. The summed E-state index contributed by atoms with van der Waals surface area (Å²) in [7, 11) is -1.14. The molecular formula is C36H44ClN7O4Si. The van der Waals surface area contributed by atoms with Crippen LogP contribution >= 0.6 is 11.6 Å². The predicted molar refractivity (Wildman–Crippen MR) is 197 cm³/mol. The molecule has 0 aliphatic rings. The second-order valence-corrected chi connectivity index (χ2v) is 17.5. The summed E-state index contributed by atoms with van der Waals surface area (Å²) in [5.74, 6) is 1.29. The molecule has 0 aliphatic heterocycles. The Hall–Kier alpha value is -4.52. The molecule has 0 saturated heterocycles. The lowest BCUT2D eigenvalue weighted by Crippen LogP contribution is -2.66. The number of hydrogen-bond donors (Lipinski definition) is 3. The molecule has 0 radical (unpaired) electrons. The van der Waals surface area contributed by atoms with Crippen LogP contribution in [0.15, 0.2) is 79.1 Å². The fraction of sp³-hybridized carbons (Fsp3) is 0.361. The van der Waals surface area contributed by atoms with Crippen molar-refractivity contribution in [1.82, 2.24) is 24.7 Å². The van der Waals surface area contributed by atoms with Gasteiger partial charge in [-0.05, 0) is 34.3 Å². The standard InChI is InChI=1S/C36H44ClN7O4Si/c1-6-13-26(18-19-48-49(36(2,3)4,28-14-9-7-10-15-28)29-16-11-8-12-17-29)40-33-32-30(41-34(42-33)43-35(45)46)22-39-44(32)24-25-20-27(21-37)38-23-31(25)47-5/h7-12,14-17,20,22-23,26H,6,13,18-19,21,24H2,1-5H3,(H,45,46)(H2,40,41,42,43). The molecule has 1 atom stereocenters. The normalized spacial score (nSPS) is 12.5. The number of ether oxygens (including phenoxy) is 1. The van der Waals surface area contributed by atoms with Gasteiger partial charge < -0.3 is 19.6 Å². The summed E-state index contributed by atoms with van der Waals surface area (Å²) in [4.78, 5) is 25.0. The van der Waals surface area contributed by atoms with E-state index in [1.165, 1.54) is 10.4 Å². The summed E-state index contributed by atoms with van der Waals surface area (Å²) in [5, 5.41) is 22.3. The Morgan fingerprint density at radius 2 is 1.69 bits per heavy atom. The van der Waals surface area contributed by atoms with Gasteiger partial charge in [0.25, 0.3) is 8.32 Å². The third kappa shape index (κ3) is 8.04. The number of methoxy groups -OCH3 is 1. The maximum Gasteiger partial charge on any atom is 0.411 e. The van der Waals surface area contributed by atoms with Crippen molar-refractivity contribution >= 4 is 59.2 Å². The third-order valence-electron chi connectivity index (χ3n) is 8.57. The molecule has 11 nitrogen and oxygen atoms in total. The van der Waals surface area contributed by atoms with Crippen molar-refractivity contribution in [1.29, 1.82) is 0 Å². The van der Waals surface area contributed by atoms with Crippen molar-refractivity contribution in [2.75, 3.05) is 24.4 Å². The summed E-state index contributed by atoms with van der Waals surface area (Å²) in [6.45, 7) is 9.78. The van der Waals surface area contributed by atoms with Crippen LogP contribution in [0, 0.1) is 0 Å². The fourth-order valence-electron chi connectivity index (χ4n) is 6.39. The lowest BCUT2D eigenvalue weighted by atomic mass is 10.1. The molecular weight excluding hydrogens is 658 g/mol. The average molecular weight is 702 g/mol. The van der Waals surface area contributed by atoms with E-state index >= 15 is 0 Å². The molecule has 5 rings (SSSR count). The van der Waals surface area contributed by atoms with Crippen LogP contribution in [0.1, 0.15) is 58.2 Å². The molecule has 3 heterocycles. The van der Waals surface area contributed by atoms with E-state index in [0.717, 1.165) is 18.4 Å². The number of benzene rings is 2. The predicted octanol–water partition coefficient (Wildman–Crippen LogP) is 6.65. The summed E-state index contributed by atoms with van der Waals surface area (Å²) < 4.78 is 14.6. The van der Waals surface area contributed by atoms with Crippen LogP contribution in [0.25, 0.3) is 11.0 Å². The van der Waals surface area contributed by atoms with Crippen molar-refractivity contribution in [3.05, 3.63) is 90.4 Å². The van der Waals surface area contributed by atoms with E-state index in [4.69, 9.17) is 20.8 Å². The smallest absolute Gasteiger partial charge is 0.411 e. The van der Waals surface area contributed by atoms with Gasteiger partial charge in [-0.25, -0.2) is 9.78 Å². The summed E-state index contributed by atoms with van der Waals surface area (Å²) in [6, 6.07) is 23.0. The lowest BCUT2D eigenvalue weighted by molar-refractivity contribution is 0.209. The Morgan fingerprint density at radius 1 is 1.02 bits per heavy atom. The zero-order valence-corrected chi connectivity index (χ0v) is 30.4. The zero-order valence-electron chi connectivity index (χ0n) is 28.6. The minimum atomic E-state index is -2.73. The number of pyridine rings is 1. The topological polar surface area (TPSA) is 136 Å². The van der Waals surface area contributed by atoms with E-state index in [-0.39, 0.29) is 22.9 Å². The second kappa shape index (κ2) is 15.8. The lowest BCUT2D eigenvalue weighted by Gasteiger charge is -2.43. The molecule has 258 valence electrons. The van der Waals surface area contributed by atoms with Crippen LogP contribution in [0.3, 0.4) is 0 Å². The van der Waals surface area contributed by atoms with Crippen molar-refractivity contribution in [3.8, 4) is 5.75 Å². The SMILES string of the molecule is CCCC(CCO[Si](c1ccccc1)(c1ccccc1)C(C)(C)C)Nc1nc(NC(=O)O)nc2cnn(Cc3cc(CCl)ncc3OC)c12. The molecule has 0 fully saturated rings. The van der Waals surface area contributed by atoms with Gasteiger partial charge in [-0.15, -0.1) is 11.6 Å². The van der Waals surface area contributed by atoms with Crippen molar-refractivity contribution in [2.24, 2.45) is 0 Å². The first kappa shape index (κ1) is 35.8. The minimum absolute atomic E-state index is 0.0354. The van der Waals surface area contributed by atoms with Gasteiger partial charge in [-0.3, -0.25) is 15.0 Å². The number of amides is 1. The molecule has 0 spiro atoms. The number of carbonyl (C=O) groups is 1. The first-order valence-corrected chi connectivity index (χ1v) is 18.9. The fourth-order valence-corrected chi connectivity index (χ4v) is 11.1. The van der Waals surface area contributed by atoms with Gasteiger partial charge in [0.05, 0.1) is 37.6 Å². The number of halogens is 1. The van der Waals surface area contributed by atoms with Crippen molar-refractivity contribution < 1.29 is 19.1 Å². The molecule has 5 aromatic rings. The molecule has 0 bridgehead atoms. The number of fused-ring (bicyclic) bond motifs is 1. The molecule has 0 aliphatic carbocycles. The van der Waals surface area contributed by atoms with Crippen LogP contribution in [0.4, 0.5) is 16.6 Å². The molecule has 1 unspecified atom stereocenters. The summed E-state index contributed by atoms with van der Waals surface area (Å²) in [6.07, 6.45) is 4.44. The number of nitrogens with zero attached hydrogens (tertiary/aromatic N) is 5. The van der Waals surface area contributed by atoms with Crippen LogP contribution < -0.4 is 25.7 Å². The molecule has 0 saturated carbocycles. The quantitative estimate of drug-likeness (QED) is 0.0809. The Labute approximate surface area is 293 Å². The van der Waals surface area contributed by atoms with Crippen LogP contribution in [-0.4, -0.2) is 64.0 Å². The summed E-state index contributed by atoms with van der Waals surface area (Å²) >= 11 is 6.09. The maximum absolute atomic E-state index is 11.6. The highest BCUT2D eigenvalue weighted by Crippen LogP contribution is 2.37. The van der Waals surface area contributed by atoms with Gasteiger partial charge in [0, 0.05) is 18.2 Å². The van der Waals surface area contributed by atoms with Crippen LogP contribution in [-0.2, 0) is 16.9 Å². The summed E-state index contributed by atoms with van der Waals surface area (Å²) in [5.41, 5.74) is 2.67. The van der Waals surface area contributed by atoms with Gasteiger partial charge in [0.15, 0.2) is 5.82 Å². The molecule has 13 heteroatoms. The van der Waals surface area contributed by atoms with E-state index in [1.807, 2.05) is 18.2 Å². The van der Waals surface area contributed by atoms with E-state index in [9.17, 15) is 9.90 Å². The number of rotatable bonds is 15. The van der Waals surface area contributed by atoms with E-state index < -0.39 is 14.4 Å². The first-order valence-electron chi connectivity index (χ1n) is 16.4. The number of alkyl halides is 1. The van der Waals surface area contributed by atoms with Gasteiger partial charge >= 0.3 is 6.09 Å². The van der Waals surface area contributed by atoms with Gasteiger partial charge in [-0.1, -0.05) is 94.8 Å². The maximum atomic E-state index is 11.6. The Balaban J connectivity index is 1.49. The number of hydrogen-bond acceptors (Lipinski definition) is 8. The highest BCUT2D eigenvalue weighted by Gasteiger charge is 2.50. The van der Waals surface area contributed by atoms with Gasteiger partial charge in [-0.2, -0.15) is 10.1 Å². The number of aromatic nitrogens is 5. The Kier molecular flexibility index (Phi) is 11.5. The molecule has 49 heavy (non-hydrogen) atoms. The zero-order chi connectivity index (χ0) is 35.0. The number of nitrogens with one attached hydrogen (secondary N) is 2. The largest absolute Gasteiger partial charge is 0.495 e. The first-order chi connectivity index (χ1) is 23.6. The molecule has 3 N–H and O–H groups in total. The number of anilines is 2. The molecule has 1 amide bonds. The molecule has 2 aromatic carbocycles. The third-order valence-corrected chi connectivity index (χ3v) is 13.9. The highest BCUT2D eigenvalue weighted by molar-refractivity contribution is 6.99. The van der Waals surface area contributed by atoms with E-state index in [0.29, 0.717) is 47.9 Å². The van der Waals surface area contributed by atoms with Crippen molar-refractivity contribution in [3.63, 3.8) is 0 Å². The number of carboxylic acid groups (broad SMARTS) is 1. The van der Waals surface area contributed by atoms with Crippen LogP contribution in [0.2, 0.25) is 5.04 Å². The van der Waals surface area contributed by atoms with Gasteiger partial charge in [0.1, 0.15) is 16.8 Å². The van der Waals surface area contributed by atoms with E-state index in [1.54, 1.807) is 24.2 Å². The molecule has 3 aromatic heterocycles. The second-order valence-electron chi connectivity index (χ2n) is 12.9.